The predicted octanol–water partition coefficient (Wildman–Crippen LogP) is 3.08. The van der Waals surface area contributed by atoms with Gasteiger partial charge in [0.05, 0.1) is 0 Å². The maximum Gasteiger partial charge on any atom is 0.251 e. The minimum absolute atomic E-state index is 0.0732. The van der Waals surface area contributed by atoms with Crippen LogP contribution < -0.4 is 5.32 Å². The van der Waals surface area contributed by atoms with E-state index in [1.165, 1.54) is 6.07 Å². The van der Waals surface area contributed by atoms with Crippen LogP contribution in [0.3, 0.4) is 0 Å². The lowest BCUT2D eigenvalue weighted by Crippen LogP contribution is -2.38. The number of hydrogen-bond donors (Lipinski definition) is 2. The molecule has 1 atom stereocenters. The fourth-order valence-electron chi connectivity index (χ4n) is 1.74. The predicted molar refractivity (Wildman–Crippen MR) is 74.3 cm³/mol. The summed E-state index contributed by atoms with van der Waals surface area (Å²) < 4.78 is 0. The van der Waals surface area contributed by atoms with E-state index in [0.717, 1.165) is 6.42 Å². The highest BCUT2D eigenvalue weighted by atomic mass is 35.5. The number of benzene rings is 1. The van der Waals surface area contributed by atoms with Crippen molar-refractivity contribution >= 4 is 17.5 Å². The number of nitrogens with one attached hydrogen (secondary N) is 1. The third-order valence-corrected chi connectivity index (χ3v) is 3.22. The molecule has 0 aliphatic rings. The number of phenolic OH excluding ortho intramolecular Hbond substituents is 1. The second-order valence-electron chi connectivity index (χ2n) is 4.80. The average Bonchev–Trinajstić information content (AvgIpc) is 2.31. The number of alkyl halides is 1. The van der Waals surface area contributed by atoms with E-state index >= 15 is 0 Å². The van der Waals surface area contributed by atoms with E-state index in [1.54, 1.807) is 19.1 Å². The van der Waals surface area contributed by atoms with Gasteiger partial charge in [-0.15, -0.1) is 11.6 Å². The van der Waals surface area contributed by atoms with E-state index in [4.69, 9.17) is 11.6 Å². The van der Waals surface area contributed by atoms with Crippen LogP contribution in [0, 0.1) is 12.8 Å². The van der Waals surface area contributed by atoms with Gasteiger partial charge in [-0.25, -0.2) is 0 Å². The number of phenols is 1. The van der Waals surface area contributed by atoms with Gasteiger partial charge in [-0.1, -0.05) is 13.8 Å². The molecule has 1 amide bonds. The highest BCUT2D eigenvalue weighted by Gasteiger charge is 2.16. The lowest BCUT2D eigenvalue weighted by Gasteiger charge is -2.21. The Morgan fingerprint density at radius 1 is 1.44 bits per heavy atom. The average molecular weight is 270 g/mol. The van der Waals surface area contributed by atoms with E-state index < -0.39 is 0 Å². The van der Waals surface area contributed by atoms with Crippen molar-refractivity contribution in [2.75, 3.05) is 5.88 Å². The van der Waals surface area contributed by atoms with Crippen molar-refractivity contribution < 1.29 is 9.90 Å². The molecule has 1 aromatic carbocycles. The Morgan fingerprint density at radius 2 is 2.11 bits per heavy atom. The number of rotatable bonds is 5. The number of carbonyl (C=O) groups is 1. The highest BCUT2D eigenvalue weighted by Crippen LogP contribution is 2.17. The first kappa shape index (κ1) is 14.8. The van der Waals surface area contributed by atoms with Crippen molar-refractivity contribution in [2.45, 2.75) is 33.2 Å². The molecule has 1 unspecified atom stereocenters. The van der Waals surface area contributed by atoms with Crippen LogP contribution in [-0.4, -0.2) is 22.9 Å². The maximum absolute atomic E-state index is 12.1. The molecule has 0 heterocycles. The van der Waals surface area contributed by atoms with Gasteiger partial charge in [-0.05, 0) is 43.0 Å². The molecular weight excluding hydrogens is 250 g/mol. The van der Waals surface area contributed by atoms with Crippen LogP contribution in [0.15, 0.2) is 18.2 Å². The van der Waals surface area contributed by atoms with Crippen molar-refractivity contribution in [1.29, 1.82) is 0 Å². The van der Waals surface area contributed by atoms with E-state index in [2.05, 4.69) is 19.2 Å². The Kier molecular flexibility index (Phi) is 5.48. The molecule has 0 aromatic heterocycles. The standard InChI is InChI=1S/C14H20ClNO2/c1-9(2)12(6-7-15)16-14(18)11-4-5-13(17)10(3)8-11/h4-5,8-9,12,17H,6-7H2,1-3H3,(H,16,18). The Balaban J connectivity index is 2.77. The first-order chi connectivity index (χ1) is 8.45. The van der Waals surface area contributed by atoms with Gasteiger partial charge >= 0.3 is 0 Å². The Bertz CT molecular complexity index is 418. The molecule has 0 saturated carbocycles. The van der Waals surface area contributed by atoms with Crippen molar-refractivity contribution in [2.24, 2.45) is 5.92 Å². The van der Waals surface area contributed by atoms with Crippen LogP contribution in [0.4, 0.5) is 0 Å². The lowest BCUT2D eigenvalue weighted by molar-refractivity contribution is 0.0925. The van der Waals surface area contributed by atoms with Crippen molar-refractivity contribution in [3.8, 4) is 5.75 Å². The van der Waals surface area contributed by atoms with Crippen molar-refractivity contribution in [3.63, 3.8) is 0 Å². The van der Waals surface area contributed by atoms with Gasteiger partial charge in [0.2, 0.25) is 0 Å². The van der Waals surface area contributed by atoms with Gasteiger partial charge in [-0.2, -0.15) is 0 Å². The SMILES string of the molecule is Cc1cc(C(=O)NC(CCCl)C(C)C)ccc1O. The van der Waals surface area contributed by atoms with Crippen molar-refractivity contribution in [3.05, 3.63) is 29.3 Å². The molecule has 0 radical (unpaired) electrons. The second-order valence-corrected chi connectivity index (χ2v) is 5.18. The number of aromatic hydroxyl groups is 1. The fraction of sp³-hybridized carbons (Fsp3) is 0.500. The molecule has 0 aliphatic carbocycles. The number of carbonyl (C=O) groups excluding carboxylic acids is 1. The van der Waals surface area contributed by atoms with Gasteiger partial charge in [-0.3, -0.25) is 4.79 Å². The number of amides is 1. The highest BCUT2D eigenvalue weighted by molar-refractivity contribution is 6.17. The summed E-state index contributed by atoms with van der Waals surface area (Å²) in [6.07, 6.45) is 0.752. The molecule has 0 saturated heterocycles. The van der Waals surface area contributed by atoms with E-state index in [9.17, 15) is 9.90 Å². The molecule has 2 N–H and O–H groups in total. The first-order valence-corrected chi connectivity index (χ1v) is 6.65. The summed E-state index contributed by atoms with van der Waals surface area (Å²) in [6, 6.07) is 4.92. The Labute approximate surface area is 113 Å². The molecule has 3 nitrogen and oxygen atoms in total. The number of hydrogen-bond acceptors (Lipinski definition) is 2. The van der Waals surface area contributed by atoms with Gasteiger partial charge in [0.15, 0.2) is 0 Å². The smallest absolute Gasteiger partial charge is 0.251 e. The fourth-order valence-corrected chi connectivity index (χ4v) is 1.97. The van der Waals surface area contributed by atoms with Crippen LogP contribution in [0.1, 0.15) is 36.2 Å². The zero-order valence-corrected chi connectivity index (χ0v) is 11.8. The largest absolute Gasteiger partial charge is 0.508 e. The monoisotopic (exact) mass is 269 g/mol. The molecule has 0 spiro atoms. The summed E-state index contributed by atoms with van der Waals surface area (Å²) in [6.45, 7) is 5.88. The normalized spacial score (nSPS) is 12.5. The third-order valence-electron chi connectivity index (χ3n) is 3.00. The molecule has 0 fully saturated rings. The summed E-state index contributed by atoms with van der Waals surface area (Å²) >= 11 is 5.73. The van der Waals surface area contributed by atoms with E-state index in [0.29, 0.717) is 22.9 Å². The summed E-state index contributed by atoms with van der Waals surface area (Å²) in [5.74, 6) is 0.943. The molecular formula is C14H20ClNO2. The van der Waals surface area contributed by atoms with Crippen LogP contribution in [-0.2, 0) is 0 Å². The summed E-state index contributed by atoms with van der Waals surface area (Å²) in [7, 11) is 0. The van der Waals surface area contributed by atoms with Crippen LogP contribution in [0.5, 0.6) is 5.75 Å². The van der Waals surface area contributed by atoms with Crippen LogP contribution in [0.25, 0.3) is 0 Å². The summed E-state index contributed by atoms with van der Waals surface area (Å²) in [4.78, 5) is 12.1. The minimum atomic E-state index is -0.123. The van der Waals surface area contributed by atoms with Gasteiger partial charge in [0.1, 0.15) is 5.75 Å². The molecule has 100 valence electrons. The van der Waals surface area contributed by atoms with Gasteiger partial charge in [0.25, 0.3) is 5.91 Å². The lowest BCUT2D eigenvalue weighted by atomic mass is 10.0. The van der Waals surface area contributed by atoms with E-state index in [1.807, 2.05) is 0 Å². The molecule has 1 rings (SSSR count). The minimum Gasteiger partial charge on any atom is -0.508 e. The quantitative estimate of drug-likeness (QED) is 0.807. The molecule has 4 heteroatoms. The number of halogens is 1. The third kappa shape index (κ3) is 3.91. The summed E-state index contributed by atoms with van der Waals surface area (Å²) in [5, 5.41) is 12.4. The van der Waals surface area contributed by atoms with E-state index in [-0.39, 0.29) is 17.7 Å². The van der Waals surface area contributed by atoms with Crippen molar-refractivity contribution in [1.82, 2.24) is 5.32 Å². The molecule has 0 aliphatic heterocycles. The zero-order chi connectivity index (χ0) is 13.7. The molecule has 0 bridgehead atoms. The second kappa shape index (κ2) is 6.64. The molecule has 18 heavy (non-hydrogen) atoms. The summed E-state index contributed by atoms with van der Waals surface area (Å²) in [5.41, 5.74) is 1.26. The van der Waals surface area contributed by atoms with Crippen LogP contribution >= 0.6 is 11.6 Å². The maximum atomic E-state index is 12.1. The zero-order valence-electron chi connectivity index (χ0n) is 11.0. The Hall–Kier alpha value is -1.22. The van der Waals surface area contributed by atoms with Gasteiger partial charge in [0, 0.05) is 17.5 Å². The number of aryl methyl sites for hydroxylation is 1. The van der Waals surface area contributed by atoms with Crippen LogP contribution in [0.2, 0.25) is 0 Å². The topological polar surface area (TPSA) is 49.3 Å². The first-order valence-electron chi connectivity index (χ1n) is 6.12. The Morgan fingerprint density at radius 3 is 2.61 bits per heavy atom. The van der Waals surface area contributed by atoms with Gasteiger partial charge < -0.3 is 10.4 Å². The molecule has 1 aromatic rings.